The maximum atomic E-state index is 12.7. The lowest BCUT2D eigenvalue weighted by Gasteiger charge is -2.00. The van der Waals surface area contributed by atoms with E-state index >= 15 is 0 Å². The van der Waals surface area contributed by atoms with E-state index in [0.717, 1.165) is 5.56 Å². The fourth-order valence-corrected chi connectivity index (χ4v) is 1.76. The molecule has 0 aromatic heterocycles. The van der Waals surface area contributed by atoms with Gasteiger partial charge in [-0.2, -0.15) is 0 Å². The van der Waals surface area contributed by atoms with Gasteiger partial charge in [0.2, 0.25) is 0 Å². The van der Waals surface area contributed by atoms with Crippen LogP contribution < -0.4 is 5.32 Å². The van der Waals surface area contributed by atoms with Crippen molar-refractivity contribution >= 4 is 11.7 Å². The number of hydrogen-bond acceptors (Lipinski definition) is 2. The molecule has 0 spiro atoms. The van der Waals surface area contributed by atoms with Crippen molar-refractivity contribution in [3.63, 3.8) is 0 Å². The smallest absolute Gasteiger partial charge is 0.252 e. The second kappa shape index (κ2) is 7.19. The largest absolute Gasteiger partial charge is 0.341 e. The SMILES string of the molecule is CC(=O)c1ccc(C#CCNC(=O)c2ccc(F)cc2)cc1. The van der Waals surface area contributed by atoms with E-state index in [9.17, 15) is 14.0 Å². The molecule has 110 valence electrons. The summed E-state index contributed by atoms with van der Waals surface area (Å²) in [5.74, 6) is 5.03. The molecule has 0 aliphatic heterocycles. The lowest BCUT2D eigenvalue weighted by molar-refractivity contribution is 0.0957. The van der Waals surface area contributed by atoms with Gasteiger partial charge in [0.25, 0.3) is 5.91 Å². The van der Waals surface area contributed by atoms with Gasteiger partial charge in [-0.3, -0.25) is 9.59 Å². The summed E-state index contributed by atoms with van der Waals surface area (Å²) < 4.78 is 12.7. The summed E-state index contributed by atoms with van der Waals surface area (Å²) in [4.78, 5) is 22.9. The highest BCUT2D eigenvalue weighted by molar-refractivity contribution is 5.94. The van der Waals surface area contributed by atoms with Gasteiger partial charge in [-0.15, -0.1) is 0 Å². The van der Waals surface area contributed by atoms with Gasteiger partial charge in [-0.1, -0.05) is 24.0 Å². The molecule has 1 N–H and O–H groups in total. The Labute approximate surface area is 128 Å². The summed E-state index contributed by atoms with van der Waals surface area (Å²) in [6.45, 7) is 1.69. The second-order valence-electron chi connectivity index (χ2n) is 4.62. The number of carbonyl (C=O) groups is 2. The highest BCUT2D eigenvalue weighted by Crippen LogP contribution is 2.04. The zero-order valence-electron chi connectivity index (χ0n) is 12.0. The monoisotopic (exact) mass is 295 g/mol. The van der Waals surface area contributed by atoms with Crippen LogP contribution in [0.15, 0.2) is 48.5 Å². The first-order valence-corrected chi connectivity index (χ1v) is 6.70. The van der Waals surface area contributed by atoms with Crippen molar-refractivity contribution in [2.45, 2.75) is 6.92 Å². The molecule has 0 saturated carbocycles. The van der Waals surface area contributed by atoms with Crippen molar-refractivity contribution < 1.29 is 14.0 Å². The molecular formula is C18H14FNO2. The van der Waals surface area contributed by atoms with Gasteiger partial charge in [0.1, 0.15) is 5.82 Å². The lowest BCUT2D eigenvalue weighted by atomic mass is 10.1. The molecule has 3 nitrogen and oxygen atoms in total. The number of ketones is 1. The molecule has 2 aromatic carbocycles. The van der Waals surface area contributed by atoms with E-state index in [1.54, 1.807) is 24.3 Å². The zero-order chi connectivity index (χ0) is 15.9. The molecule has 0 aliphatic rings. The average Bonchev–Trinajstić information content (AvgIpc) is 2.52. The molecule has 2 rings (SSSR count). The van der Waals surface area contributed by atoms with Crippen LogP contribution in [0.2, 0.25) is 0 Å². The van der Waals surface area contributed by atoms with Crippen molar-refractivity contribution in [2.24, 2.45) is 0 Å². The maximum absolute atomic E-state index is 12.7. The van der Waals surface area contributed by atoms with E-state index in [2.05, 4.69) is 17.2 Å². The van der Waals surface area contributed by atoms with Crippen LogP contribution in [0.1, 0.15) is 33.2 Å². The Morgan fingerprint density at radius 1 is 1.00 bits per heavy atom. The first-order valence-electron chi connectivity index (χ1n) is 6.70. The molecule has 22 heavy (non-hydrogen) atoms. The Hall–Kier alpha value is -2.93. The zero-order valence-corrected chi connectivity index (χ0v) is 12.0. The molecule has 0 radical (unpaired) electrons. The van der Waals surface area contributed by atoms with Crippen LogP contribution in [0, 0.1) is 17.7 Å². The molecule has 0 aliphatic carbocycles. The Balaban J connectivity index is 1.89. The number of Topliss-reactive ketones (excluding diaryl/α,β-unsaturated/α-hetero) is 1. The molecule has 0 atom stereocenters. The first kappa shape index (κ1) is 15.5. The summed E-state index contributed by atoms with van der Waals surface area (Å²) in [6.07, 6.45) is 0. The molecule has 2 aromatic rings. The third-order valence-electron chi connectivity index (χ3n) is 2.97. The number of benzene rings is 2. The van der Waals surface area contributed by atoms with E-state index in [4.69, 9.17) is 0 Å². The molecule has 0 saturated heterocycles. The molecule has 1 amide bonds. The van der Waals surface area contributed by atoms with Crippen LogP contribution in [0.3, 0.4) is 0 Å². The molecule has 0 unspecified atom stereocenters. The van der Waals surface area contributed by atoms with Crippen molar-refractivity contribution in [3.05, 3.63) is 71.0 Å². The minimum Gasteiger partial charge on any atom is -0.341 e. The van der Waals surface area contributed by atoms with E-state index in [-0.39, 0.29) is 24.1 Å². The van der Waals surface area contributed by atoms with Crippen LogP contribution in [0.25, 0.3) is 0 Å². The number of carbonyl (C=O) groups excluding carboxylic acids is 2. The van der Waals surface area contributed by atoms with Crippen molar-refractivity contribution in [2.75, 3.05) is 6.54 Å². The van der Waals surface area contributed by atoms with E-state index < -0.39 is 0 Å². The van der Waals surface area contributed by atoms with Gasteiger partial charge in [0.05, 0.1) is 6.54 Å². The standard InChI is InChI=1S/C18H14FNO2/c1-13(21)15-6-4-14(5-7-15)3-2-12-20-18(22)16-8-10-17(19)11-9-16/h4-11H,12H2,1H3,(H,20,22). The topological polar surface area (TPSA) is 46.2 Å². The first-order chi connectivity index (χ1) is 10.6. The van der Waals surface area contributed by atoms with Crippen LogP contribution in [0.5, 0.6) is 0 Å². The number of amides is 1. The lowest BCUT2D eigenvalue weighted by Crippen LogP contribution is -2.23. The molecule has 4 heteroatoms. The average molecular weight is 295 g/mol. The van der Waals surface area contributed by atoms with Gasteiger partial charge in [-0.25, -0.2) is 4.39 Å². The fraction of sp³-hybridized carbons (Fsp3) is 0.111. The van der Waals surface area contributed by atoms with E-state index in [1.807, 2.05) is 0 Å². The predicted octanol–water partition coefficient (Wildman–Crippen LogP) is 2.81. The minimum atomic E-state index is -0.384. The summed E-state index contributed by atoms with van der Waals surface area (Å²) in [6, 6.07) is 12.2. The van der Waals surface area contributed by atoms with E-state index in [0.29, 0.717) is 11.1 Å². The summed E-state index contributed by atoms with van der Waals surface area (Å²) >= 11 is 0. The third kappa shape index (κ3) is 4.29. The summed E-state index contributed by atoms with van der Waals surface area (Å²) in [5, 5.41) is 2.63. The quantitative estimate of drug-likeness (QED) is 0.699. The van der Waals surface area contributed by atoms with Gasteiger partial charge in [0, 0.05) is 16.7 Å². The molecule has 0 bridgehead atoms. The fourth-order valence-electron chi connectivity index (χ4n) is 1.76. The maximum Gasteiger partial charge on any atom is 0.252 e. The second-order valence-corrected chi connectivity index (χ2v) is 4.62. The Bertz CT molecular complexity index is 737. The number of nitrogens with one attached hydrogen (secondary N) is 1. The minimum absolute atomic E-state index is 0.00562. The molecular weight excluding hydrogens is 281 g/mol. The van der Waals surface area contributed by atoms with Gasteiger partial charge < -0.3 is 5.32 Å². The summed E-state index contributed by atoms with van der Waals surface area (Å²) in [5.41, 5.74) is 1.78. The Kier molecular flexibility index (Phi) is 5.05. The normalized spacial score (nSPS) is 9.55. The highest BCUT2D eigenvalue weighted by Gasteiger charge is 2.03. The van der Waals surface area contributed by atoms with Crippen molar-refractivity contribution in [1.29, 1.82) is 0 Å². The summed E-state index contributed by atoms with van der Waals surface area (Å²) in [7, 11) is 0. The van der Waals surface area contributed by atoms with Crippen molar-refractivity contribution in [1.82, 2.24) is 5.32 Å². The van der Waals surface area contributed by atoms with Crippen LogP contribution >= 0.6 is 0 Å². The Morgan fingerprint density at radius 2 is 1.59 bits per heavy atom. The van der Waals surface area contributed by atoms with E-state index in [1.165, 1.54) is 31.2 Å². The van der Waals surface area contributed by atoms with Crippen LogP contribution in [0.4, 0.5) is 4.39 Å². The third-order valence-corrected chi connectivity index (χ3v) is 2.97. The number of rotatable bonds is 3. The molecule has 0 fully saturated rings. The van der Waals surface area contributed by atoms with Gasteiger partial charge >= 0.3 is 0 Å². The molecule has 0 heterocycles. The highest BCUT2D eigenvalue weighted by atomic mass is 19.1. The number of halogens is 1. The van der Waals surface area contributed by atoms with Gasteiger partial charge in [0.15, 0.2) is 5.78 Å². The predicted molar refractivity (Wildman–Crippen MR) is 82.1 cm³/mol. The van der Waals surface area contributed by atoms with Crippen LogP contribution in [-0.4, -0.2) is 18.2 Å². The van der Waals surface area contributed by atoms with Gasteiger partial charge in [-0.05, 0) is 43.3 Å². The van der Waals surface area contributed by atoms with Crippen molar-refractivity contribution in [3.8, 4) is 11.8 Å². The van der Waals surface area contributed by atoms with Crippen LogP contribution in [-0.2, 0) is 0 Å². The Morgan fingerprint density at radius 3 is 2.18 bits per heavy atom. The number of hydrogen-bond donors (Lipinski definition) is 1.